The van der Waals surface area contributed by atoms with Gasteiger partial charge in [-0.15, -0.1) is 0 Å². The fraction of sp³-hybridized carbons (Fsp3) is 0.214. The number of rotatable bonds is 7. The molecule has 0 saturated carbocycles. The molecule has 0 bridgehead atoms. The number of carbonyl (C=O) groups excluding carboxylic acids is 2. The number of esters is 1. The molecule has 7 heteroatoms. The number of anilines is 1. The highest BCUT2D eigenvalue weighted by atomic mass is 16.5. The monoisotopic (exact) mass is 466 g/mol. The molecule has 3 aromatic carbocycles. The van der Waals surface area contributed by atoms with E-state index in [1.54, 1.807) is 31.2 Å². The van der Waals surface area contributed by atoms with Crippen molar-refractivity contribution >= 4 is 29.0 Å². The van der Waals surface area contributed by atoms with Crippen LogP contribution in [0.2, 0.25) is 0 Å². The minimum Gasteiger partial charge on any atom is -0.462 e. The molecule has 176 valence electrons. The number of nitrogens with zero attached hydrogens (tertiary/aromatic N) is 3. The summed E-state index contributed by atoms with van der Waals surface area (Å²) in [4.78, 5) is 32.2. The molecule has 0 radical (unpaired) electrons. The van der Waals surface area contributed by atoms with Crippen LogP contribution < -0.4 is 5.32 Å². The Hall–Kier alpha value is -4.28. The van der Waals surface area contributed by atoms with E-state index in [1.807, 2.05) is 61.5 Å². The number of amides is 1. The predicted octanol–water partition coefficient (Wildman–Crippen LogP) is 4.65. The van der Waals surface area contributed by atoms with Gasteiger partial charge in [0.1, 0.15) is 5.92 Å². The number of ether oxygens (including phenoxy) is 1. The second kappa shape index (κ2) is 10.3. The molecule has 3 aromatic rings. The van der Waals surface area contributed by atoms with E-state index in [-0.39, 0.29) is 12.5 Å². The number of nitriles is 1. The fourth-order valence-electron chi connectivity index (χ4n) is 4.14. The van der Waals surface area contributed by atoms with Gasteiger partial charge in [-0.1, -0.05) is 42.5 Å². The van der Waals surface area contributed by atoms with Crippen molar-refractivity contribution in [3.63, 3.8) is 0 Å². The molecule has 1 N–H and O–H groups in total. The summed E-state index contributed by atoms with van der Waals surface area (Å²) in [5.74, 6) is -1.34. The average molecular weight is 467 g/mol. The van der Waals surface area contributed by atoms with E-state index in [0.717, 1.165) is 16.7 Å². The van der Waals surface area contributed by atoms with E-state index < -0.39 is 11.9 Å². The Morgan fingerprint density at radius 1 is 1.09 bits per heavy atom. The zero-order valence-electron chi connectivity index (χ0n) is 19.9. The molecule has 0 spiro atoms. The molecule has 0 aliphatic carbocycles. The summed E-state index contributed by atoms with van der Waals surface area (Å²) in [7, 11) is 3.90. The Bertz CT molecular complexity index is 1340. The molecule has 0 aromatic heterocycles. The summed E-state index contributed by atoms with van der Waals surface area (Å²) in [6, 6.07) is 22.3. The van der Waals surface area contributed by atoms with Crippen LogP contribution in [0.1, 0.15) is 45.5 Å². The number of benzene rings is 3. The minimum atomic E-state index is -0.671. The lowest BCUT2D eigenvalue weighted by molar-refractivity contribution is -0.115. The smallest absolute Gasteiger partial charge is 0.338 e. The van der Waals surface area contributed by atoms with Gasteiger partial charge in [-0.2, -0.15) is 5.26 Å². The molecule has 1 aliphatic rings. The van der Waals surface area contributed by atoms with Crippen molar-refractivity contribution in [2.24, 2.45) is 4.99 Å². The maximum atomic E-state index is 13.2. The van der Waals surface area contributed by atoms with Gasteiger partial charge in [0.25, 0.3) is 0 Å². The summed E-state index contributed by atoms with van der Waals surface area (Å²) in [6.07, 6.45) is 0. The third-order valence-electron chi connectivity index (χ3n) is 5.69. The number of carbonyl (C=O) groups is 2. The Kier molecular flexibility index (Phi) is 7.04. The lowest BCUT2D eigenvalue weighted by Crippen LogP contribution is -2.22. The number of fused-ring (bicyclic) bond motifs is 1. The quantitative estimate of drug-likeness (QED) is 0.404. The van der Waals surface area contributed by atoms with Crippen LogP contribution in [-0.4, -0.2) is 43.2 Å². The molecular weight excluding hydrogens is 440 g/mol. The third kappa shape index (κ3) is 5.13. The van der Waals surface area contributed by atoms with Crippen molar-refractivity contribution in [2.45, 2.75) is 19.4 Å². The molecule has 1 heterocycles. The van der Waals surface area contributed by atoms with Crippen LogP contribution in [0.5, 0.6) is 0 Å². The van der Waals surface area contributed by atoms with Crippen molar-refractivity contribution < 1.29 is 14.3 Å². The molecule has 1 aliphatic heterocycles. The van der Waals surface area contributed by atoms with E-state index in [2.05, 4.69) is 11.4 Å². The van der Waals surface area contributed by atoms with Crippen molar-refractivity contribution in [2.75, 3.05) is 26.0 Å². The molecular formula is C28H26N4O3. The standard InChI is InChI=1S/C28H26N4O3/c1-4-35-28(34)19-11-13-23-24(15-19)31-27(33)25(23)26(18-8-6-5-7-9-18)30-22-12-10-20(17-32(2)3)21(14-22)16-29/h5-15,25H,4,17H2,1-3H3,(H,31,33). The molecule has 1 atom stereocenters. The van der Waals surface area contributed by atoms with Gasteiger partial charge >= 0.3 is 5.97 Å². The fourth-order valence-corrected chi connectivity index (χ4v) is 4.14. The first kappa shape index (κ1) is 23.9. The van der Waals surface area contributed by atoms with Crippen LogP contribution >= 0.6 is 0 Å². The lowest BCUT2D eigenvalue weighted by atomic mass is 9.90. The first-order valence-electron chi connectivity index (χ1n) is 11.3. The van der Waals surface area contributed by atoms with Crippen LogP contribution in [0.15, 0.2) is 71.7 Å². The summed E-state index contributed by atoms with van der Waals surface area (Å²) in [5, 5.41) is 12.6. The number of hydrogen-bond acceptors (Lipinski definition) is 6. The number of nitrogens with one attached hydrogen (secondary N) is 1. The van der Waals surface area contributed by atoms with E-state index in [4.69, 9.17) is 9.73 Å². The molecule has 7 nitrogen and oxygen atoms in total. The van der Waals surface area contributed by atoms with Gasteiger partial charge in [0.15, 0.2) is 0 Å². The van der Waals surface area contributed by atoms with Crippen LogP contribution in [-0.2, 0) is 16.1 Å². The van der Waals surface area contributed by atoms with E-state index in [9.17, 15) is 14.9 Å². The van der Waals surface area contributed by atoms with Gasteiger partial charge in [-0.3, -0.25) is 9.79 Å². The highest BCUT2D eigenvalue weighted by molar-refractivity contribution is 6.24. The van der Waals surface area contributed by atoms with Crippen LogP contribution in [0.25, 0.3) is 0 Å². The Labute approximate surface area is 204 Å². The molecule has 35 heavy (non-hydrogen) atoms. The van der Waals surface area contributed by atoms with Gasteiger partial charge in [0.2, 0.25) is 5.91 Å². The van der Waals surface area contributed by atoms with Crippen LogP contribution in [0, 0.1) is 11.3 Å². The highest BCUT2D eigenvalue weighted by Crippen LogP contribution is 2.37. The minimum absolute atomic E-state index is 0.228. The summed E-state index contributed by atoms with van der Waals surface area (Å²) in [6.45, 7) is 2.66. The maximum absolute atomic E-state index is 13.2. The lowest BCUT2D eigenvalue weighted by Gasteiger charge is -2.15. The number of aliphatic imine (C=N–C) groups is 1. The van der Waals surface area contributed by atoms with Crippen molar-refractivity contribution in [1.29, 1.82) is 5.26 Å². The zero-order chi connectivity index (χ0) is 24.9. The molecule has 1 amide bonds. The zero-order valence-corrected chi connectivity index (χ0v) is 19.9. The molecule has 4 rings (SSSR count). The van der Waals surface area contributed by atoms with Gasteiger partial charge in [0, 0.05) is 12.2 Å². The first-order valence-corrected chi connectivity index (χ1v) is 11.3. The Morgan fingerprint density at radius 2 is 1.86 bits per heavy atom. The Balaban J connectivity index is 1.80. The largest absolute Gasteiger partial charge is 0.462 e. The highest BCUT2D eigenvalue weighted by Gasteiger charge is 2.36. The second-order valence-corrected chi connectivity index (χ2v) is 8.50. The number of hydrogen-bond donors (Lipinski definition) is 1. The normalized spacial score (nSPS) is 14.9. The maximum Gasteiger partial charge on any atom is 0.338 e. The second-order valence-electron chi connectivity index (χ2n) is 8.50. The van der Waals surface area contributed by atoms with Crippen LogP contribution in [0.3, 0.4) is 0 Å². The van der Waals surface area contributed by atoms with Gasteiger partial charge in [-0.05, 0) is 62.0 Å². The third-order valence-corrected chi connectivity index (χ3v) is 5.69. The van der Waals surface area contributed by atoms with E-state index in [0.29, 0.717) is 34.8 Å². The predicted molar refractivity (Wildman–Crippen MR) is 135 cm³/mol. The topological polar surface area (TPSA) is 94.8 Å². The van der Waals surface area contributed by atoms with E-state index >= 15 is 0 Å². The van der Waals surface area contributed by atoms with Crippen molar-refractivity contribution in [3.05, 3.63) is 94.5 Å². The van der Waals surface area contributed by atoms with Crippen LogP contribution in [0.4, 0.5) is 11.4 Å². The van der Waals surface area contributed by atoms with Gasteiger partial charge in [0.05, 0.1) is 35.2 Å². The van der Waals surface area contributed by atoms with Crippen molar-refractivity contribution in [3.8, 4) is 6.07 Å². The van der Waals surface area contributed by atoms with Gasteiger partial charge in [-0.25, -0.2) is 4.79 Å². The van der Waals surface area contributed by atoms with Gasteiger partial charge < -0.3 is 15.0 Å². The summed E-state index contributed by atoms with van der Waals surface area (Å²) in [5.41, 5.74) is 5.08. The van der Waals surface area contributed by atoms with Crippen molar-refractivity contribution in [1.82, 2.24) is 4.90 Å². The average Bonchev–Trinajstić information content (AvgIpc) is 3.18. The first-order chi connectivity index (χ1) is 16.9. The Morgan fingerprint density at radius 3 is 2.54 bits per heavy atom. The molecule has 0 saturated heterocycles. The summed E-state index contributed by atoms with van der Waals surface area (Å²) >= 11 is 0. The SMILES string of the molecule is CCOC(=O)c1ccc2c(c1)NC(=O)C2C(=Nc1ccc(CN(C)C)c(C#N)c1)c1ccccc1. The summed E-state index contributed by atoms with van der Waals surface area (Å²) < 4.78 is 5.09. The molecule has 1 unspecified atom stereocenters. The molecule has 0 fully saturated rings. The van der Waals surface area contributed by atoms with E-state index in [1.165, 1.54) is 0 Å².